The summed E-state index contributed by atoms with van der Waals surface area (Å²) in [5.74, 6) is -0.113. The van der Waals surface area contributed by atoms with Gasteiger partial charge in [-0.05, 0) is 70.5 Å². The number of carbonyl (C=O) groups excluding carboxylic acids is 2. The molecule has 4 rings (SSSR count). The molecule has 37 heavy (non-hydrogen) atoms. The third kappa shape index (κ3) is 5.82. The zero-order valence-electron chi connectivity index (χ0n) is 19.6. The summed E-state index contributed by atoms with van der Waals surface area (Å²) in [5.41, 5.74) is 1.17. The number of cyclic esters (lactones) is 1. The van der Waals surface area contributed by atoms with Gasteiger partial charge in [0.05, 0.1) is 31.4 Å². The Kier molecular flexibility index (Phi) is 8.21. The molecule has 0 bridgehead atoms. The van der Waals surface area contributed by atoms with Crippen LogP contribution in [0, 0.1) is 0 Å². The summed E-state index contributed by atoms with van der Waals surface area (Å²) in [5, 5.41) is 0.544. The van der Waals surface area contributed by atoms with E-state index in [-0.39, 0.29) is 22.9 Å². The Morgan fingerprint density at radius 3 is 2.19 bits per heavy atom. The summed E-state index contributed by atoms with van der Waals surface area (Å²) in [7, 11) is 4.36. The maximum absolute atomic E-state index is 13.1. The molecule has 0 unspecified atom stereocenters. The number of hydrogen-bond acceptors (Lipinski definition) is 8. The van der Waals surface area contributed by atoms with E-state index in [0.717, 1.165) is 0 Å². The lowest BCUT2D eigenvalue weighted by Gasteiger charge is -2.15. The zero-order valence-corrected chi connectivity index (χ0v) is 23.6. The van der Waals surface area contributed by atoms with Crippen LogP contribution in [0.1, 0.15) is 21.5 Å². The molecule has 0 spiro atoms. The average molecular weight is 652 g/mol. The van der Waals surface area contributed by atoms with Gasteiger partial charge in [-0.3, -0.25) is 0 Å². The molecule has 8 nitrogen and oxygen atoms in total. The van der Waals surface area contributed by atoms with Crippen LogP contribution in [0.5, 0.6) is 23.0 Å². The molecule has 0 radical (unpaired) electrons. The second-order valence-corrected chi connectivity index (χ2v) is 9.66. The second kappa shape index (κ2) is 11.4. The highest BCUT2D eigenvalue weighted by Crippen LogP contribution is 2.40. The molecule has 0 N–H and O–H groups in total. The van der Waals surface area contributed by atoms with Crippen molar-refractivity contribution in [2.75, 3.05) is 21.3 Å². The van der Waals surface area contributed by atoms with E-state index in [0.29, 0.717) is 42.3 Å². The van der Waals surface area contributed by atoms with E-state index in [1.165, 1.54) is 39.5 Å². The number of aliphatic imine (C=N–C) groups is 1. The number of rotatable bonds is 7. The standard InChI is InChI=1S/C26H18Br2ClNO7/c1-33-20-10-15(11-21(34-2)23(20)35-3)25(31)36-22-14(8-16(27)12-18(22)28)9-19-26(32)37-24(30-19)13-4-6-17(29)7-5-13/h4-12H,1-3H3/b19-9-. The van der Waals surface area contributed by atoms with Crippen LogP contribution in [0.25, 0.3) is 6.08 Å². The van der Waals surface area contributed by atoms with Crippen LogP contribution in [-0.2, 0) is 9.53 Å². The van der Waals surface area contributed by atoms with Gasteiger partial charge in [0.1, 0.15) is 0 Å². The van der Waals surface area contributed by atoms with Crippen LogP contribution in [0.3, 0.4) is 0 Å². The average Bonchev–Trinajstić information content (AvgIpc) is 3.25. The quantitative estimate of drug-likeness (QED) is 0.165. The lowest BCUT2D eigenvalue weighted by atomic mass is 10.1. The highest BCUT2D eigenvalue weighted by atomic mass is 79.9. The van der Waals surface area contributed by atoms with Crippen molar-refractivity contribution in [3.8, 4) is 23.0 Å². The van der Waals surface area contributed by atoms with Crippen molar-refractivity contribution in [3.05, 3.63) is 84.9 Å². The molecule has 0 saturated carbocycles. The molecule has 0 saturated heterocycles. The lowest BCUT2D eigenvalue weighted by molar-refractivity contribution is -0.129. The van der Waals surface area contributed by atoms with Gasteiger partial charge in [0.25, 0.3) is 0 Å². The maximum Gasteiger partial charge on any atom is 0.363 e. The molecule has 1 heterocycles. The topological polar surface area (TPSA) is 92.7 Å². The van der Waals surface area contributed by atoms with E-state index in [4.69, 9.17) is 35.3 Å². The molecule has 1 aliphatic heterocycles. The van der Waals surface area contributed by atoms with Crippen LogP contribution in [-0.4, -0.2) is 39.2 Å². The van der Waals surface area contributed by atoms with Crippen LogP contribution >= 0.6 is 43.5 Å². The van der Waals surface area contributed by atoms with Gasteiger partial charge in [0.2, 0.25) is 11.6 Å². The molecule has 0 fully saturated rings. The first-order valence-electron chi connectivity index (χ1n) is 10.5. The number of hydrogen-bond donors (Lipinski definition) is 0. The first-order chi connectivity index (χ1) is 17.7. The predicted molar refractivity (Wildman–Crippen MR) is 145 cm³/mol. The summed E-state index contributed by atoms with van der Waals surface area (Å²) in [6.45, 7) is 0. The highest BCUT2D eigenvalue weighted by molar-refractivity contribution is 9.11. The molecular weight excluding hydrogens is 634 g/mol. The number of esters is 2. The summed E-state index contributed by atoms with van der Waals surface area (Å²) < 4.78 is 28.2. The Balaban J connectivity index is 1.71. The summed E-state index contributed by atoms with van der Waals surface area (Å²) in [6, 6.07) is 13.1. The van der Waals surface area contributed by atoms with Gasteiger partial charge >= 0.3 is 11.9 Å². The van der Waals surface area contributed by atoms with Crippen molar-refractivity contribution in [3.63, 3.8) is 0 Å². The van der Waals surface area contributed by atoms with Gasteiger partial charge in [0, 0.05) is 20.6 Å². The van der Waals surface area contributed by atoms with Crippen molar-refractivity contribution in [1.82, 2.24) is 0 Å². The minimum atomic E-state index is -0.693. The van der Waals surface area contributed by atoms with E-state index in [9.17, 15) is 9.59 Å². The van der Waals surface area contributed by atoms with E-state index >= 15 is 0 Å². The molecule has 0 aliphatic carbocycles. The summed E-state index contributed by atoms with van der Waals surface area (Å²) in [6.07, 6.45) is 1.47. The predicted octanol–water partition coefficient (Wildman–Crippen LogP) is 6.45. The van der Waals surface area contributed by atoms with Gasteiger partial charge in [-0.25, -0.2) is 14.6 Å². The SMILES string of the molecule is COc1cc(C(=O)Oc2c(Br)cc(Br)cc2/C=C2\N=C(c3ccc(Cl)cc3)OC2=O)cc(OC)c1OC. The third-order valence-corrected chi connectivity index (χ3v) is 6.44. The number of nitrogens with zero attached hydrogens (tertiary/aromatic N) is 1. The fourth-order valence-corrected chi connectivity index (χ4v) is 4.88. The van der Waals surface area contributed by atoms with Gasteiger partial charge in [-0.1, -0.05) is 27.5 Å². The largest absolute Gasteiger partial charge is 0.493 e. The zero-order chi connectivity index (χ0) is 26.7. The molecule has 1 aliphatic rings. The molecular formula is C26H18Br2ClNO7. The minimum Gasteiger partial charge on any atom is -0.493 e. The van der Waals surface area contributed by atoms with E-state index in [1.54, 1.807) is 36.4 Å². The molecule has 3 aromatic carbocycles. The van der Waals surface area contributed by atoms with Crippen molar-refractivity contribution in [1.29, 1.82) is 0 Å². The molecule has 3 aromatic rings. The van der Waals surface area contributed by atoms with E-state index in [1.807, 2.05) is 0 Å². The second-order valence-electron chi connectivity index (χ2n) is 7.45. The smallest absolute Gasteiger partial charge is 0.363 e. The van der Waals surface area contributed by atoms with Gasteiger partial charge < -0.3 is 23.7 Å². The number of benzene rings is 3. The third-order valence-electron chi connectivity index (χ3n) is 5.14. The molecule has 190 valence electrons. The van der Waals surface area contributed by atoms with Crippen LogP contribution in [0.2, 0.25) is 5.02 Å². The van der Waals surface area contributed by atoms with Crippen molar-refractivity contribution < 1.29 is 33.3 Å². The highest BCUT2D eigenvalue weighted by Gasteiger charge is 2.26. The Labute approximate surface area is 234 Å². The first-order valence-corrected chi connectivity index (χ1v) is 12.5. The van der Waals surface area contributed by atoms with E-state index in [2.05, 4.69) is 36.9 Å². The Bertz CT molecular complexity index is 1430. The minimum absolute atomic E-state index is 0.0278. The first kappa shape index (κ1) is 26.7. The fraction of sp³-hybridized carbons (Fsp3) is 0.115. The van der Waals surface area contributed by atoms with Crippen LogP contribution < -0.4 is 18.9 Å². The summed E-state index contributed by atoms with van der Waals surface area (Å²) >= 11 is 12.8. The van der Waals surface area contributed by atoms with E-state index < -0.39 is 11.9 Å². The molecule has 0 aromatic heterocycles. The van der Waals surface area contributed by atoms with Crippen molar-refractivity contribution >= 4 is 67.4 Å². The van der Waals surface area contributed by atoms with Gasteiger partial charge in [-0.2, -0.15) is 0 Å². The maximum atomic E-state index is 13.1. The van der Waals surface area contributed by atoms with Gasteiger partial charge in [-0.15, -0.1) is 0 Å². The van der Waals surface area contributed by atoms with Crippen LogP contribution in [0.4, 0.5) is 0 Å². The van der Waals surface area contributed by atoms with Gasteiger partial charge in [0.15, 0.2) is 22.9 Å². The Hall–Kier alpha value is -3.34. The monoisotopic (exact) mass is 649 g/mol. The number of methoxy groups -OCH3 is 3. The number of halogens is 3. The lowest BCUT2D eigenvalue weighted by Crippen LogP contribution is -2.11. The number of carbonyl (C=O) groups is 2. The van der Waals surface area contributed by atoms with Crippen molar-refractivity contribution in [2.45, 2.75) is 0 Å². The number of ether oxygens (including phenoxy) is 5. The fourth-order valence-electron chi connectivity index (χ4n) is 3.42. The molecule has 0 amide bonds. The summed E-state index contributed by atoms with van der Waals surface area (Å²) in [4.78, 5) is 30.0. The Morgan fingerprint density at radius 2 is 1.59 bits per heavy atom. The Morgan fingerprint density at radius 1 is 0.946 bits per heavy atom. The van der Waals surface area contributed by atoms with Crippen LogP contribution in [0.15, 0.2) is 68.2 Å². The molecule has 11 heteroatoms. The normalized spacial score (nSPS) is 13.7. The van der Waals surface area contributed by atoms with Crippen molar-refractivity contribution in [2.24, 2.45) is 4.99 Å². The molecule has 0 atom stereocenters.